The molecule has 0 fully saturated rings. The number of hydrogen-bond acceptors (Lipinski definition) is 2. The Morgan fingerprint density at radius 1 is 1.11 bits per heavy atom. The van der Waals surface area contributed by atoms with Crippen molar-refractivity contribution in [1.29, 1.82) is 0 Å². The zero-order chi connectivity index (χ0) is 13.2. The topological polar surface area (TPSA) is 29.1 Å². The molecule has 0 bridgehead atoms. The maximum Gasteiger partial charge on any atom is 0.417 e. The molecule has 2 nitrogen and oxygen atoms in total. The predicted octanol–water partition coefficient (Wildman–Crippen LogP) is 4.02. The smallest absolute Gasteiger partial charge is 0.321 e. The van der Waals surface area contributed by atoms with Gasteiger partial charge in [0.1, 0.15) is 4.88 Å². The van der Waals surface area contributed by atoms with Crippen molar-refractivity contribution in [2.45, 2.75) is 6.18 Å². The van der Waals surface area contributed by atoms with Gasteiger partial charge in [0.05, 0.1) is 5.56 Å². The highest BCUT2D eigenvalue weighted by molar-refractivity contribution is 7.12. The van der Waals surface area contributed by atoms with E-state index in [2.05, 4.69) is 5.32 Å². The number of benzene rings is 1. The number of alkyl halides is 3. The number of halogens is 3. The minimum atomic E-state index is -4.51. The van der Waals surface area contributed by atoms with E-state index in [4.69, 9.17) is 0 Å². The Labute approximate surface area is 105 Å². The van der Waals surface area contributed by atoms with Gasteiger partial charge in [0.2, 0.25) is 0 Å². The summed E-state index contributed by atoms with van der Waals surface area (Å²) >= 11 is 0.772. The van der Waals surface area contributed by atoms with Crippen LogP contribution >= 0.6 is 11.3 Å². The third kappa shape index (κ3) is 2.70. The Kier molecular flexibility index (Phi) is 3.38. The average Bonchev–Trinajstić information content (AvgIpc) is 2.79. The SMILES string of the molecule is O=C(Nc1ccccc1)c1sccc1C(F)(F)F. The summed E-state index contributed by atoms with van der Waals surface area (Å²) in [6, 6.07) is 9.26. The van der Waals surface area contributed by atoms with Crippen molar-refractivity contribution >= 4 is 22.9 Å². The molecule has 0 saturated heterocycles. The fourth-order valence-electron chi connectivity index (χ4n) is 1.42. The van der Waals surface area contributed by atoms with Crippen LogP contribution in [0.25, 0.3) is 0 Å². The van der Waals surface area contributed by atoms with E-state index in [0.29, 0.717) is 5.69 Å². The molecule has 0 saturated carbocycles. The molecule has 2 rings (SSSR count). The first-order valence-corrected chi connectivity index (χ1v) is 5.87. The fraction of sp³-hybridized carbons (Fsp3) is 0.0833. The predicted molar refractivity (Wildman–Crippen MR) is 63.7 cm³/mol. The third-order valence-corrected chi connectivity index (χ3v) is 3.12. The molecule has 1 aromatic heterocycles. The summed E-state index contributed by atoms with van der Waals surface area (Å²) < 4.78 is 37.8. The quantitative estimate of drug-likeness (QED) is 0.878. The maximum absolute atomic E-state index is 12.6. The van der Waals surface area contributed by atoms with Crippen molar-refractivity contribution < 1.29 is 18.0 Å². The number of rotatable bonds is 2. The first kappa shape index (κ1) is 12.6. The molecule has 1 amide bonds. The highest BCUT2D eigenvalue weighted by atomic mass is 32.1. The second kappa shape index (κ2) is 4.81. The molecule has 6 heteroatoms. The minimum Gasteiger partial charge on any atom is -0.321 e. The highest BCUT2D eigenvalue weighted by Gasteiger charge is 2.36. The molecule has 0 atom stereocenters. The van der Waals surface area contributed by atoms with Crippen LogP contribution in [0.5, 0.6) is 0 Å². The first-order chi connectivity index (χ1) is 8.48. The summed E-state index contributed by atoms with van der Waals surface area (Å²) in [5.74, 6) is -0.747. The van der Waals surface area contributed by atoms with Crippen molar-refractivity contribution in [2.75, 3.05) is 5.32 Å². The zero-order valence-electron chi connectivity index (χ0n) is 8.99. The van der Waals surface area contributed by atoms with E-state index in [1.807, 2.05) is 0 Å². The molecule has 1 aromatic carbocycles. The first-order valence-electron chi connectivity index (χ1n) is 4.99. The summed E-state index contributed by atoms with van der Waals surface area (Å²) in [5, 5.41) is 3.68. The molecule has 0 unspecified atom stereocenters. The van der Waals surface area contributed by atoms with Crippen LogP contribution in [0, 0.1) is 0 Å². The molecule has 0 aliphatic heterocycles. The summed E-state index contributed by atoms with van der Waals surface area (Å²) in [4.78, 5) is 11.4. The summed E-state index contributed by atoms with van der Waals surface area (Å²) in [5.41, 5.74) is -0.440. The van der Waals surface area contributed by atoms with E-state index in [1.54, 1.807) is 30.3 Å². The lowest BCUT2D eigenvalue weighted by molar-refractivity contribution is -0.137. The normalized spacial score (nSPS) is 11.3. The van der Waals surface area contributed by atoms with Crippen LogP contribution in [0.3, 0.4) is 0 Å². The highest BCUT2D eigenvalue weighted by Crippen LogP contribution is 2.35. The van der Waals surface area contributed by atoms with Crippen molar-refractivity contribution in [3.8, 4) is 0 Å². The van der Waals surface area contributed by atoms with Crippen molar-refractivity contribution in [1.82, 2.24) is 0 Å². The Morgan fingerprint density at radius 2 is 1.78 bits per heavy atom. The van der Waals surface area contributed by atoms with Crippen molar-refractivity contribution in [2.24, 2.45) is 0 Å². The standard InChI is InChI=1S/C12H8F3NOS/c13-12(14,15)9-6-7-18-10(9)11(17)16-8-4-2-1-3-5-8/h1-7H,(H,16,17). The second-order valence-corrected chi connectivity index (χ2v) is 4.40. The number of anilines is 1. The Balaban J connectivity index is 2.23. The Bertz CT molecular complexity index is 548. The van der Waals surface area contributed by atoms with Gasteiger partial charge in [-0.3, -0.25) is 4.79 Å². The fourth-order valence-corrected chi connectivity index (χ4v) is 2.23. The minimum absolute atomic E-state index is 0.327. The Hall–Kier alpha value is -1.82. The van der Waals surface area contributed by atoms with Crippen LogP contribution < -0.4 is 5.32 Å². The maximum atomic E-state index is 12.6. The number of thiophene rings is 1. The molecule has 0 spiro atoms. The second-order valence-electron chi connectivity index (χ2n) is 3.48. The average molecular weight is 271 g/mol. The molecule has 0 aliphatic rings. The van der Waals surface area contributed by atoms with Gasteiger partial charge in [0, 0.05) is 5.69 Å². The van der Waals surface area contributed by atoms with Gasteiger partial charge in [-0.2, -0.15) is 13.2 Å². The molecule has 0 aliphatic carbocycles. The number of hydrogen-bond donors (Lipinski definition) is 1. The number of amides is 1. The van der Waals surface area contributed by atoms with Gasteiger partial charge in [-0.25, -0.2) is 0 Å². The van der Waals surface area contributed by atoms with Gasteiger partial charge in [0.15, 0.2) is 0 Å². The monoisotopic (exact) mass is 271 g/mol. The number of carbonyl (C=O) groups is 1. The number of nitrogens with one attached hydrogen (secondary N) is 1. The zero-order valence-corrected chi connectivity index (χ0v) is 9.81. The van der Waals surface area contributed by atoms with Gasteiger partial charge in [0.25, 0.3) is 5.91 Å². The lowest BCUT2D eigenvalue weighted by Gasteiger charge is -2.08. The molecule has 1 heterocycles. The van der Waals surface area contributed by atoms with E-state index in [0.717, 1.165) is 17.4 Å². The number of para-hydroxylation sites is 1. The van der Waals surface area contributed by atoms with E-state index in [-0.39, 0.29) is 4.88 Å². The van der Waals surface area contributed by atoms with Gasteiger partial charge in [-0.05, 0) is 23.6 Å². The molecule has 94 valence electrons. The van der Waals surface area contributed by atoms with Crippen LogP contribution in [0.4, 0.5) is 18.9 Å². The van der Waals surface area contributed by atoms with Gasteiger partial charge in [-0.15, -0.1) is 11.3 Å². The van der Waals surface area contributed by atoms with Gasteiger partial charge >= 0.3 is 6.18 Å². The van der Waals surface area contributed by atoms with Crippen LogP contribution in [0.15, 0.2) is 41.8 Å². The van der Waals surface area contributed by atoms with Crippen LogP contribution in [-0.4, -0.2) is 5.91 Å². The molecule has 1 N–H and O–H groups in total. The molecular formula is C12H8F3NOS. The lowest BCUT2D eigenvalue weighted by atomic mass is 10.2. The van der Waals surface area contributed by atoms with Crippen molar-refractivity contribution in [3.05, 3.63) is 52.2 Å². The van der Waals surface area contributed by atoms with Crippen LogP contribution in [-0.2, 0) is 6.18 Å². The molecular weight excluding hydrogens is 263 g/mol. The Morgan fingerprint density at radius 3 is 2.39 bits per heavy atom. The van der Waals surface area contributed by atoms with E-state index < -0.39 is 17.6 Å². The summed E-state index contributed by atoms with van der Waals surface area (Å²) in [6.07, 6.45) is -4.51. The molecule has 18 heavy (non-hydrogen) atoms. The van der Waals surface area contributed by atoms with Crippen molar-refractivity contribution in [3.63, 3.8) is 0 Å². The molecule has 0 radical (unpaired) electrons. The van der Waals surface area contributed by atoms with Crippen LogP contribution in [0.2, 0.25) is 0 Å². The summed E-state index contributed by atoms with van der Waals surface area (Å²) in [6.45, 7) is 0. The van der Waals surface area contributed by atoms with E-state index in [9.17, 15) is 18.0 Å². The number of carbonyl (C=O) groups excluding carboxylic acids is 1. The van der Waals surface area contributed by atoms with Gasteiger partial charge in [-0.1, -0.05) is 18.2 Å². The van der Waals surface area contributed by atoms with Gasteiger partial charge < -0.3 is 5.32 Å². The van der Waals surface area contributed by atoms with Crippen LogP contribution in [0.1, 0.15) is 15.2 Å². The van der Waals surface area contributed by atoms with E-state index >= 15 is 0 Å². The molecule has 2 aromatic rings. The van der Waals surface area contributed by atoms with E-state index in [1.165, 1.54) is 5.38 Å². The lowest BCUT2D eigenvalue weighted by Crippen LogP contribution is -2.16. The largest absolute Gasteiger partial charge is 0.417 e. The third-order valence-electron chi connectivity index (χ3n) is 2.21. The summed E-state index contributed by atoms with van der Waals surface area (Å²) in [7, 11) is 0.